The monoisotopic (exact) mass is 268 g/mol. The Morgan fingerprint density at radius 2 is 1.79 bits per heavy atom. The molecule has 2 rings (SSSR count). The van der Waals surface area contributed by atoms with E-state index in [0.717, 1.165) is 6.42 Å². The predicted octanol–water partition coefficient (Wildman–Crippen LogP) is 2.30. The highest BCUT2D eigenvalue weighted by molar-refractivity contribution is 5.75. The highest BCUT2D eigenvalue weighted by atomic mass is 16.7. The smallest absolute Gasteiger partial charge is 0.469 e. The van der Waals surface area contributed by atoms with E-state index in [1.807, 2.05) is 12.2 Å². The average molecular weight is 268 g/mol. The van der Waals surface area contributed by atoms with Gasteiger partial charge in [0.25, 0.3) is 0 Å². The lowest BCUT2D eigenvalue weighted by atomic mass is 9.91. The van der Waals surface area contributed by atoms with E-state index in [4.69, 9.17) is 14.2 Å². The van der Waals surface area contributed by atoms with Crippen molar-refractivity contribution in [2.24, 2.45) is 17.8 Å². The van der Waals surface area contributed by atoms with E-state index in [-0.39, 0.29) is 17.8 Å². The van der Waals surface area contributed by atoms with E-state index in [9.17, 15) is 9.59 Å². The summed E-state index contributed by atoms with van der Waals surface area (Å²) in [6.07, 6.45) is 3.62. The molecule has 2 aliphatic rings. The van der Waals surface area contributed by atoms with Crippen LogP contribution in [0.2, 0.25) is 0 Å². The predicted molar refractivity (Wildman–Crippen MR) is 67.4 cm³/mol. The molecule has 106 valence electrons. The third-order valence-electron chi connectivity index (χ3n) is 3.48. The lowest BCUT2D eigenvalue weighted by Gasteiger charge is -2.27. The second-order valence-electron chi connectivity index (χ2n) is 6.04. The van der Waals surface area contributed by atoms with Gasteiger partial charge in [-0.15, -0.1) is 0 Å². The van der Waals surface area contributed by atoms with Crippen LogP contribution < -0.4 is 0 Å². The van der Waals surface area contributed by atoms with E-state index in [0.29, 0.717) is 0 Å². The minimum absolute atomic E-state index is 0.0848. The molecule has 1 fully saturated rings. The van der Waals surface area contributed by atoms with E-state index < -0.39 is 23.8 Å². The van der Waals surface area contributed by atoms with Crippen molar-refractivity contribution < 1.29 is 23.8 Å². The largest absolute Gasteiger partial charge is 0.509 e. The van der Waals surface area contributed by atoms with Gasteiger partial charge < -0.3 is 14.2 Å². The van der Waals surface area contributed by atoms with Crippen molar-refractivity contribution in [3.05, 3.63) is 12.2 Å². The fraction of sp³-hybridized carbons (Fsp3) is 0.714. The molecule has 0 saturated heterocycles. The minimum atomic E-state index is -0.729. The fourth-order valence-electron chi connectivity index (χ4n) is 2.77. The van der Waals surface area contributed by atoms with Crippen molar-refractivity contribution in [1.82, 2.24) is 0 Å². The number of hydrogen-bond acceptors (Lipinski definition) is 5. The number of hydrogen-bond donors (Lipinski definition) is 0. The molecule has 5 nitrogen and oxygen atoms in total. The topological polar surface area (TPSA) is 61.8 Å². The molecular formula is C14H20O5. The summed E-state index contributed by atoms with van der Waals surface area (Å²) in [5.74, 6) is -0.551. The van der Waals surface area contributed by atoms with Crippen LogP contribution in [0.3, 0.4) is 0 Å². The van der Waals surface area contributed by atoms with Crippen LogP contribution in [0.4, 0.5) is 4.79 Å². The zero-order valence-electron chi connectivity index (χ0n) is 11.7. The van der Waals surface area contributed by atoms with Gasteiger partial charge in [0.1, 0.15) is 17.6 Å². The summed E-state index contributed by atoms with van der Waals surface area (Å²) in [5, 5.41) is 0. The van der Waals surface area contributed by atoms with Crippen LogP contribution in [0.5, 0.6) is 0 Å². The summed E-state index contributed by atoms with van der Waals surface area (Å²) in [5.41, 5.74) is -0.606. The lowest BCUT2D eigenvalue weighted by Crippen LogP contribution is -2.37. The molecule has 19 heavy (non-hydrogen) atoms. The number of fused-ring (bicyclic) bond motifs is 2. The van der Waals surface area contributed by atoms with E-state index >= 15 is 0 Å². The normalized spacial score (nSPS) is 32.2. The fourth-order valence-corrected chi connectivity index (χ4v) is 2.77. The van der Waals surface area contributed by atoms with Gasteiger partial charge in [-0.3, -0.25) is 4.79 Å². The Hall–Kier alpha value is -1.52. The van der Waals surface area contributed by atoms with Crippen LogP contribution in [0.25, 0.3) is 0 Å². The molecule has 5 heteroatoms. The number of allylic oxidation sites excluding steroid dienone is 1. The van der Waals surface area contributed by atoms with Crippen molar-refractivity contribution >= 4 is 12.1 Å². The van der Waals surface area contributed by atoms with Gasteiger partial charge in [0.15, 0.2) is 0 Å². The molecular weight excluding hydrogens is 248 g/mol. The summed E-state index contributed by atoms with van der Waals surface area (Å²) < 4.78 is 15.3. The van der Waals surface area contributed by atoms with Gasteiger partial charge in [-0.1, -0.05) is 12.2 Å². The van der Waals surface area contributed by atoms with E-state index in [1.165, 1.54) is 7.11 Å². The maximum Gasteiger partial charge on any atom is 0.509 e. The van der Waals surface area contributed by atoms with Gasteiger partial charge in [-0.25, -0.2) is 4.79 Å². The molecule has 0 N–H and O–H groups in total. The Kier molecular flexibility index (Phi) is 3.56. The maximum atomic E-state index is 11.8. The molecule has 1 saturated carbocycles. The van der Waals surface area contributed by atoms with Gasteiger partial charge in [-0.05, 0) is 33.1 Å². The Balaban J connectivity index is 2.04. The quantitative estimate of drug-likeness (QED) is 0.568. The van der Waals surface area contributed by atoms with E-state index in [2.05, 4.69) is 0 Å². The van der Waals surface area contributed by atoms with Crippen molar-refractivity contribution in [2.75, 3.05) is 7.11 Å². The highest BCUT2D eigenvalue weighted by Crippen LogP contribution is 2.46. The molecule has 0 heterocycles. The zero-order chi connectivity index (χ0) is 14.2. The van der Waals surface area contributed by atoms with Gasteiger partial charge >= 0.3 is 12.1 Å². The first-order valence-electron chi connectivity index (χ1n) is 6.47. The first kappa shape index (κ1) is 13.9. The van der Waals surface area contributed by atoms with Crippen LogP contribution >= 0.6 is 0 Å². The number of carbonyl (C=O) groups excluding carboxylic acids is 2. The summed E-state index contributed by atoms with van der Waals surface area (Å²) in [6, 6.07) is 0. The molecule has 2 bridgehead atoms. The molecule has 0 aromatic rings. The maximum absolute atomic E-state index is 11.8. The molecule has 4 unspecified atom stereocenters. The molecule has 4 atom stereocenters. The number of methoxy groups -OCH3 is 1. The van der Waals surface area contributed by atoms with Crippen molar-refractivity contribution in [1.29, 1.82) is 0 Å². The summed E-state index contributed by atoms with van der Waals surface area (Å²) in [6.45, 7) is 5.31. The van der Waals surface area contributed by atoms with Crippen LogP contribution in [0.15, 0.2) is 12.2 Å². The number of rotatable bonds is 2. The van der Waals surface area contributed by atoms with E-state index in [1.54, 1.807) is 20.8 Å². The third-order valence-corrected chi connectivity index (χ3v) is 3.48. The van der Waals surface area contributed by atoms with Gasteiger partial charge in [0.05, 0.1) is 7.11 Å². The van der Waals surface area contributed by atoms with Crippen LogP contribution in [0.1, 0.15) is 27.2 Å². The SMILES string of the molecule is COC(=O)C1C2C=CC(C2)C1OC(=O)OC(C)(C)C. The van der Waals surface area contributed by atoms with Crippen LogP contribution in [-0.4, -0.2) is 30.9 Å². The number of esters is 1. The molecule has 0 aromatic carbocycles. The molecule has 2 aliphatic carbocycles. The van der Waals surface area contributed by atoms with Gasteiger partial charge in [0.2, 0.25) is 0 Å². The number of ether oxygens (including phenoxy) is 3. The summed E-state index contributed by atoms with van der Waals surface area (Å²) in [7, 11) is 1.35. The Morgan fingerprint density at radius 3 is 2.37 bits per heavy atom. The lowest BCUT2D eigenvalue weighted by molar-refractivity contribution is -0.151. The molecule has 0 amide bonds. The van der Waals surface area contributed by atoms with Crippen molar-refractivity contribution in [3.8, 4) is 0 Å². The second-order valence-corrected chi connectivity index (χ2v) is 6.04. The highest BCUT2D eigenvalue weighted by Gasteiger charge is 2.51. The number of carbonyl (C=O) groups is 2. The Labute approximate surface area is 112 Å². The van der Waals surface area contributed by atoms with Gasteiger partial charge in [0, 0.05) is 5.92 Å². The average Bonchev–Trinajstić information content (AvgIpc) is 2.85. The third kappa shape index (κ3) is 2.91. The van der Waals surface area contributed by atoms with Crippen molar-refractivity contribution in [2.45, 2.75) is 38.9 Å². The molecule has 0 aliphatic heterocycles. The first-order chi connectivity index (χ1) is 8.81. The Morgan fingerprint density at radius 1 is 1.16 bits per heavy atom. The Bertz CT molecular complexity index is 407. The molecule has 0 aromatic heterocycles. The minimum Gasteiger partial charge on any atom is -0.469 e. The van der Waals surface area contributed by atoms with Crippen molar-refractivity contribution in [3.63, 3.8) is 0 Å². The second kappa shape index (κ2) is 4.87. The van der Waals surface area contributed by atoms with Crippen LogP contribution in [0, 0.1) is 17.8 Å². The molecule has 0 radical (unpaired) electrons. The summed E-state index contributed by atoms with van der Waals surface area (Å²) in [4.78, 5) is 23.5. The standard InChI is InChI=1S/C14H20O5/c1-14(2,3)19-13(16)18-11-9-6-5-8(7-9)10(11)12(15)17-4/h5-6,8-11H,7H2,1-4H3. The van der Waals surface area contributed by atoms with Crippen LogP contribution in [-0.2, 0) is 19.0 Å². The zero-order valence-corrected chi connectivity index (χ0v) is 11.7. The molecule has 0 spiro atoms. The first-order valence-corrected chi connectivity index (χ1v) is 6.47. The van der Waals surface area contributed by atoms with Gasteiger partial charge in [-0.2, -0.15) is 0 Å². The summed E-state index contributed by atoms with van der Waals surface area (Å²) >= 11 is 0.